The van der Waals surface area contributed by atoms with E-state index in [4.69, 9.17) is 5.11 Å². The number of likely N-dealkylation sites (tertiary alicyclic amines) is 1. The summed E-state index contributed by atoms with van der Waals surface area (Å²) in [5, 5.41) is 8.39. The zero-order valence-electron chi connectivity index (χ0n) is 5.69. The van der Waals surface area contributed by atoms with Crippen molar-refractivity contribution in [1.29, 1.82) is 0 Å². The number of imide groups is 1. The Morgan fingerprint density at radius 3 is 2.64 bits per heavy atom. The van der Waals surface area contributed by atoms with Gasteiger partial charge in [-0.3, -0.25) is 4.79 Å². The van der Waals surface area contributed by atoms with Gasteiger partial charge in [0.25, 0.3) is 0 Å². The molecule has 0 aliphatic carbocycles. The van der Waals surface area contributed by atoms with Crippen LogP contribution in [0.25, 0.3) is 0 Å². The summed E-state index contributed by atoms with van der Waals surface area (Å²) in [6.07, 6.45) is -0.643. The fourth-order valence-electron chi connectivity index (χ4n) is 1.01. The van der Waals surface area contributed by atoms with Crippen LogP contribution in [0.4, 0.5) is 4.79 Å². The molecule has 0 aromatic carbocycles. The number of carbonyl (C=O) groups is 3. The van der Waals surface area contributed by atoms with Crippen LogP contribution in [0.3, 0.4) is 0 Å². The van der Waals surface area contributed by atoms with Crippen molar-refractivity contribution in [3.63, 3.8) is 0 Å². The SMILES string of the molecule is O=CC1CC(=O)N(C(=O)O)C1. The van der Waals surface area contributed by atoms with Gasteiger partial charge in [-0.05, 0) is 0 Å². The summed E-state index contributed by atoms with van der Waals surface area (Å²) in [6, 6.07) is 0. The Bertz CT molecular complexity index is 213. The fraction of sp³-hybridized carbons (Fsp3) is 0.500. The zero-order valence-corrected chi connectivity index (χ0v) is 5.69. The third-order valence-electron chi connectivity index (χ3n) is 1.58. The van der Waals surface area contributed by atoms with Crippen LogP contribution in [0.2, 0.25) is 0 Å². The van der Waals surface area contributed by atoms with Crippen LogP contribution in [0.1, 0.15) is 6.42 Å². The molecule has 0 saturated carbocycles. The Kier molecular flexibility index (Phi) is 1.89. The lowest BCUT2D eigenvalue weighted by Crippen LogP contribution is -2.30. The first-order valence-corrected chi connectivity index (χ1v) is 3.13. The van der Waals surface area contributed by atoms with Crippen molar-refractivity contribution in [3.05, 3.63) is 0 Å². The molecule has 11 heavy (non-hydrogen) atoms. The molecule has 1 aliphatic heterocycles. The van der Waals surface area contributed by atoms with Gasteiger partial charge in [0.05, 0.1) is 0 Å². The van der Waals surface area contributed by atoms with E-state index >= 15 is 0 Å². The fourth-order valence-corrected chi connectivity index (χ4v) is 1.01. The van der Waals surface area contributed by atoms with Gasteiger partial charge in [-0.25, -0.2) is 9.69 Å². The number of aldehydes is 1. The van der Waals surface area contributed by atoms with Crippen LogP contribution in [-0.4, -0.2) is 34.8 Å². The predicted molar refractivity (Wildman–Crippen MR) is 33.9 cm³/mol. The molecule has 0 aromatic rings. The molecule has 1 unspecified atom stereocenters. The van der Waals surface area contributed by atoms with Gasteiger partial charge in [0.1, 0.15) is 6.29 Å². The molecule has 0 radical (unpaired) electrons. The van der Waals surface area contributed by atoms with Crippen molar-refractivity contribution in [2.45, 2.75) is 6.42 Å². The van der Waals surface area contributed by atoms with Gasteiger partial charge in [-0.1, -0.05) is 0 Å². The van der Waals surface area contributed by atoms with Gasteiger partial charge >= 0.3 is 6.09 Å². The summed E-state index contributed by atoms with van der Waals surface area (Å²) in [5.41, 5.74) is 0. The molecule has 1 aliphatic rings. The first kappa shape index (κ1) is 7.71. The monoisotopic (exact) mass is 157 g/mol. The number of hydrogen-bond donors (Lipinski definition) is 1. The summed E-state index contributed by atoms with van der Waals surface area (Å²) in [6.45, 7) is 0.0116. The van der Waals surface area contributed by atoms with Crippen LogP contribution >= 0.6 is 0 Å². The van der Waals surface area contributed by atoms with Crippen molar-refractivity contribution >= 4 is 18.3 Å². The average Bonchev–Trinajstić information content (AvgIpc) is 2.30. The van der Waals surface area contributed by atoms with E-state index in [1.54, 1.807) is 0 Å². The van der Waals surface area contributed by atoms with E-state index < -0.39 is 17.9 Å². The summed E-state index contributed by atoms with van der Waals surface area (Å²) in [5.74, 6) is -0.937. The van der Waals surface area contributed by atoms with Gasteiger partial charge in [0, 0.05) is 18.9 Å². The zero-order chi connectivity index (χ0) is 8.43. The van der Waals surface area contributed by atoms with E-state index in [-0.39, 0.29) is 13.0 Å². The molecule has 5 heteroatoms. The highest BCUT2D eigenvalue weighted by Gasteiger charge is 2.33. The lowest BCUT2D eigenvalue weighted by Gasteiger charge is -2.06. The maximum atomic E-state index is 10.8. The molecule has 0 spiro atoms. The molecule has 60 valence electrons. The first-order valence-electron chi connectivity index (χ1n) is 3.13. The Hall–Kier alpha value is -1.39. The van der Waals surface area contributed by atoms with Crippen molar-refractivity contribution in [2.75, 3.05) is 6.54 Å². The Morgan fingerprint density at radius 1 is 1.73 bits per heavy atom. The van der Waals surface area contributed by atoms with Crippen LogP contribution < -0.4 is 0 Å². The maximum absolute atomic E-state index is 10.8. The van der Waals surface area contributed by atoms with Crippen LogP contribution in [0.15, 0.2) is 0 Å². The minimum absolute atomic E-state index is 0.0116. The maximum Gasteiger partial charge on any atom is 0.414 e. The number of carboxylic acid groups (broad SMARTS) is 1. The van der Waals surface area contributed by atoms with Gasteiger partial charge in [-0.2, -0.15) is 0 Å². The van der Waals surface area contributed by atoms with E-state index in [2.05, 4.69) is 0 Å². The standard InChI is InChI=1S/C6H7NO4/c8-3-4-1-5(9)7(2-4)6(10)11/h3-4H,1-2H2,(H,10,11). The summed E-state index contributed by atoms with van der Waals surface area (Å²) < 4.78 is 0. The normalized spacial score (nSPS) is 23.8. The molecule has 0 aromatic heterocycles. The summed E-state index contributed by atoms with van der Waals surface area (Å²) in [4.78, 5) is 31.8. The third-order valence-corrected chi connectivity index (χ3v) is 1.58. The van der Waals surface area contributed by atoms with Gasteiger partial charge in [-0.15, -0.1) is 0 Å². The van der Waals surface area contributed by atoms with E-state index in [9.17, 15) is 14.4 Å². The first-order chi connectivity index (χ1) is 5.15. The minimum atomic E-state index is -1.28. The number of nitrogens with zero attached hydrogens (tertiary/aromatic N) is 1. The smallest absolute Gasteiger partial charge is 0.414 e. The molecular weight excluding hydrogens is 150 g/mol. The topological polar surface area (TPSA) is 74.7 Å². The van der Waals surface area contributed by atoms with E-state index in [1.807, 2.05) is 0 Å². The summed E-state index contributed by atoms with van der Waals surface area (Å²) >= 11 is 0. The molecule has 5 nitrogen and oxygen atoms in total. The molecule has 1 rings (SSSR count). The molecule has 0 bridgehead atoms. The van der Waals surface area contributed by atoms with Crippen molar-refractivity contribution in [1.82, 2.24) is 4.90 Å². The number of carbonyl (C=O) groups excluding carboxylic acids is 2. The molecule has 1 heterocycles. The van der Waals surface area contributed by atoms with Crippen LogP contribution in [0.5, 0.6) is 0 Å². The number of rotatable bonds is 1. The van der Waals surface area contributed by atoms with E-state index in [0.29, 0.717) is 11.2 Å². The van der Waals surface area contributed by atoms with E-state index in [0.717, 1.165) is 0 Å². The highest BCUT2D eigenvalue weighted by atomic mass is 16.4. The second-order valence-electron chi connectivity index (χ2n) is 2.39. The van der Waals surface area contributed by atoms with Gasteiger partial charge in [0.2, 0.25) is 5.91 Å². The van der Waals surface area contributed by atoms with Gasteiger partial charge in [0.15, 0.2) is 0 Å². The minimum Gasteiger partial charge on any atom is -0.465 e. The van der Waals surface area contributed by atoms with Crippen LogP contribution in [-0.2, 0) is 9.59 Å². The van der Waals surface area contributed by atoms with Crippen molar-refractivity contribution in [2.24, 2.45) is 5.92 Å². The lowest BCUT2D eigenvalue weighted by molar-refractivity contribution is -0.126. The van der Waals surface area contributed by atoms with Crippen molar-refractivity contribution in [3.8, 4) is 0 Å². The quantitative estimate of drug-likeness (QED) is 0.531. The average molecular weight is 157 g/mol. The van der Waals surface area contributed by atoms with E-state index in [1.165, 1.54) is 0 Å². The predicted octanol–water partition coefficient (Wildman–Crippen LogP) is -0.288. The second kappa shape index (κ2) is 2.69. The van der Waals surface area contributed by atoms with Crippen LogP contribution in [0, 0.1) is 5.92 Å². The third kappa shape index (κ3) is 1.36. The second-order valence-corrected chi connectivity index (χ2v) is 2.39. The molecular formula is C6H7NO4. The lowest BCUT2D eigenvalue weighted by atomic mass is 10.1. The number of hydrogen-bond acceptors (Lipinski definition) is 3. The largest absolute Gasteiger partial charge is 0.465 e. The number of amides is 2. The molecule has 1 saturated heterocycles. The molecule has 1 atom stereocenters. The molecule has 1 fully saturated rings. The van der Waals surface area contributed by atoms with Gasteiger partial charge < -0.3 is 9.90 Å². The van der Waals surface area contributed by atoms with Crippen molar-refractivity contribution < 1.29 is 19.5 Å². The highest BCUT2D eigenvalue weighted by molar-refractivity contribution is 5.94. The Balaban J connectivity index is 2.65. The summed E-state index contributed by atoms with van der Waals surface area (Å²) in [7, 11) is 0. The Labute approximate surface area is 62.6 Å². The Morgan fingerprint density at radius 2 is 2.36 bits per heavy atom. The molecule has 2 amide bonds. The highest BCUT2D eigenvalue weighted by Crippen LogP contribution is 2.14. The molecule has 1 N–H and O–H groups in total.